The Morgan fingerprint density at radius 2 is 1.91 bits per heavy atom. The summed E-state index contributed by atoms with van der Waals surface area (Å²) in [7, 11) is 0. The lowest BCUT2D eigenvalue weighted by Gasteiger charge is -2.17. The molecule has 0 amide bonds. The van der Waals surface area contributed by atoms with E-state index in [9.17, 15) is 4.79 Å². The zero-order valence-electron chi connectivity index (χ0n) is 12.4. The summed E-state index contributed by atoms with van der Waals surface area (Å²) in [5.41, 5.74) is 8.32. The number of carbonyl (C=O) groups excluding carboxylic acids is 1. The summed E-state index contributed by atoms with van der Waals surface area (Å²) in [6.45, 7) is 1.82. The molecule has 1 aliphatic carbocycles. The van der Waals surface area contributed by atoms with E-state index in [0.717, 1.165) is 24.0 Å². The van der Waals surface area contributed by atoms with Crippen LogP contribution >= 0.6 is 11.6 Å². The average molecular weight is 316 g/mol. The van der Waals surface area contributed by atoms with Crippen molar-refractivity contribution in [2.75, 3.05) is 0 Å². The predicted molar refractivity (Wildman–Crippen MR) is 86.8 cm³/mol. The van der Waals surface area contributed by atoms with Crippen molar-refractivity contribution < 1.29 is 9.53 Å². The second kappa shape index (κ2) is 5.75. The Morgan fingerprint density at radius 3 is 2.50 bits per heavy atom. The molecule has 4 heteroatoms. The third-order valence-electron chi connectivity index (χ3n) is 4.10. The summed E-state index contributed by atoms with van der Waals surface area (Å²) >= 11 is 6.34. The molecule has 114 valence electrons. The van der Waals surface area contributed by atoms with Crippen molar-refractivity contribution in [3.63, 3.8) is 0 Å². The number of rotatable bonds is 4. The molecule has 1 atom stereocenters. The quantitative estimate of drug-likeness (QED) is 0.860. The molecule has 0 heterocycles. The van der Waals surface area contributed by atoms with E-state index in [2.05, 4.69) is 0 Å². The Hall–Kier alpha value is -1.84. The molecule has 3 nitrogen and oxygen atoms in total. The number of benzene rings is 2. The maximum Gasteiger partial charge on any atom is 0.338 e. The molecule has 0 radical (unpaired) electrons. The molecule has 3 rings (SSSR count). The van der Waals surface area contributed by atoms with Gasteiger partial charge in [0.25, 0.3) is 0 Å². The number of halogens is 1. The van der Waals surface area contributed by atoms with Gasteiger partial charge >= 0.3 is 5.97 Å². The molecular weight excluding hydrogens is 298 g/mol. The van der Waals surface area contributed by atoms with Gasteiger partial charge in [0.05, 0.1) is 5.56 Å². The van der Waals surface area contributed by atoms with Crippen LogP contribution < -0.4 is 5.73 Å². The first kappa shape index (κ1) is 15.1. The van der Waals surface area contributed by atoms with Gasteiger partial charge < -0.3 is 10.5 Å². The molecule has 22 heavy (non-hydrogen) atoms. The Labute approximate surface area is 135 Å². The van der Waals surface area contributed by atoms with Crippen LogP contribution in [0.3, 0.4) is 0 Å². The molecule has 0 aliphatic heterocycles. The van der Waals surface area contributed by atoms with Crippen molar-refractivity contribution in [3.8, 4) is 0 Å². The Morgan fingerprint density at radius 1 is 1.23 bits per heavy atom. The maximum absolute atomic E-state index is 12.1. The summed E-state index contributed by atoms with van der Waals surface area (Å²) in [6, 6.07) is 14.7. The number of nitrogens with two attached hydrogens (primary N) is 1. The van der Waals surface area contributed by atoms with Gasteiger partial charge in [-0.15, -0.1) is 0 Å². The summed E-state index contributed by atoms with van der Waals surface area (Å²) in [5.74, 6) is -0.356. The number of ether oxygens (including phenoxy) is 1. The van der Waals surface area contributed by atoms with E-state index in [1.807, 2.05) is 31.2 Å². The number of hydrogen-bond donors (Lipinski definition) is 1. The van der Waals surface area contributed by atoms with Gasteiger partial charge in [-0.05, 0) is 43.5 Å². The monoisotopic (exact) mass is 315 g/mol. The van der Waals surface area contributed by atoms with E-state index in [0.29, 0.717) is 10.6 Å². The van der Waals surface area contributed by atoms with E-state index in [1.54, 1.807) is 24.3 Å². The fourth-order valence-corrected chi connectivity index (χ4v) is 2.79. The SMILES string of the molecule is C[C@H](OC(=O)c1ccccc1)c1ccc(C2(N)CC2)cc1Cl. The van der Waals surface area contributed by atoms with Crippen LogP contribution in [0.1, 0.15) is 47.4 Å². The van der Waals surface area contributed by atoms with Gasteiger partial charge in [-0.3, -0.25) is 0 Å². The zero-order valence-corrected chi connectivity index (χ0v) is 13.1. The van der Waals surface area contributed by atoms with Gasteiger partial charge in [0, 0.05) is 16.1 Å². The summed E-state index contributed by atoms with van der Waals surface area (Å²) in [6.07, 6.45) is 1.56. The zero-order chi connectivity index (χ0) is 15.7. The topological polar surface area (TPSA) is 52.3 Å². The smallest absolute Gasteiger partial charge is 0.338 e. The molecule has 1 saturated carbocycles. The molecule has 2 aromatic carbocycles. The van der Waals surface area contributed by atoms with Crippen LogP contribution in [-0.2, 0) is 10.3 Å². The fourth-order valence-electron chi connectivity index (χ4n) is 2.46. The van der Waals surface area contributed by atoms with Gasteiger partial charge in [0.15, 0.2) is 0 Å². The minimum absolute atomic E-state index is 0.216. The maximum atomic E-state index is 12.1. The van der Waals surface area contributed by atoms with Crippen molar-refractivity contribution in [2.45, 2.75) is 31.4 Å². The lowest BCUT2D eigenvalue weighted by molar-refractivity contribution is 0.0338. The first-order valence-corrected chi connectivity index (χ1v) is 7.72. The lowest BCUT2D eigenvalue weighted by Crippen LogP contribution is -2.19. The van der Waals surface area contributed by atoms with Crippen LogP contribution in [0.5, 0.6) is 0 Å². The van der Waals surface area contributed by atoms with Crippen molar-refractivity contribution in [1.29, 1.82) is 0 Å². The highest BCUT2D eigenvalue weighted by atomic mass is 35.5. The van der Waals surface area contributed by atoms with Crippen LogP contribution in [0.4, 0.5) is 0 Å². The van der Waals surface area contributed by atoms with E-state index >= 15 is 0 Å². The molecule has 0 aromatic heterocycles. The third-order valence-corrected chi connectivity index (χ3v) is 4.42. The average Bonchev–Trinajstić information content (AvgIpc) is 3.27. The molecule has 0 bridgehead atoms. The van der Waals surface area contributed by atoms with Crippen LogP contribution in [0.25, 0.3) is 0 Å². The molecular formula is C18H18ClNO2. The van der Waals surface area contributed by atoms with Gasteiger partial charge in [-0.1, -0.05) is 41.9 Å². The summed E-state index contributed by atoms with van der Waals surface area (Å²) < 4.78 is 5.49. The van der Waals surface area contributed by atoms with E-state index in [1.165, 1.54) is 0 Å². The van der Waals surface area contributed by atoms with Crippen LogP contribution in [0.15, 0.2) is 48.5 Å². The van der Waals surface area contributed by atoms with Crippen LogP contribution in [0.2, 0.25) is 5.02 Å². The highest BCUT2D eigenvalue weighted by molar-refractivity contribution is 6.31. The minimum atomic E-state index is -0.415. The van der Waals surface area contributed by atoms with Crippen molar-refractivity contribution in [3.05, 3.63) is 70.2 Å². The first-order chi connectivity index (χ1) is 10.5. The van der Waals surface area contributed by atoms with Crippen molar-refractivity contribution in [2.24, 2.45) is 5.73 Å². The second-order valence-electron chi connectivity index (χ2n) is 5.81. The Bertz CT molecular complexity index is 695. The number of carbonyl (C=O) groups is 1. The minimum Gasteiger partial charge on any atom is -0.454 e. The molecule has 0 saturated heterocycles. The highest BCUT2D eigenvalue weighted by Crippen LogP contribution is 2.44. The molecule has 1 fully saturated rings. The normalized spacial score (nSPS) is 16.9. The molecule has 1 aliphatic rings. The highest BCUT2D eigenvalue weighted by Gasteiger charge is 2.40. The molecule has 2 aromatic rings. The first-order valence-electron chi connectivity index (χ1n) is 7.34. The second-order valence-corrected chi connectivity index (χ2v) is 6.21. The van der Waals surface area contributed by atoms with E-state index in [4.69, 9.17) is 22.1 Å². The summed E-state index contributed by atoms with van der Waals surface area (Å²) in [4.78, 5) is 12.1. The van der Waals surface area contributed by atoms with Gasteiger partial charge in [-0.2, -0.15) is 0 Å². The molecule has 0 spiro atoms. The van der Waals surface area contributed by atoms with Crippen molar-refractivity contribution >= 4 is 17.6 Å². The summed E-state index contributed by atoms with van der Waals surface area (Å²) in [5, 5.41) is 0.586. The van der Waals surface area contributed by atoms with Gasteiger partial charge in [0.1, 0.15) is 6.10 Å². The molecule has 2 N–H and O–H groups in total. The predicted octanol–water partition coefficient (Wildman–Crippen LogP) is 4.21. The van der Waals surface area contributed by atoms with E-state index in [-0.39, 0.29) is 11.5 Å². The number of esters is 1. The largest absolute Gasteiger partial charge is 0.454 e. The Balaban J connectivity index is 1.75. The van der Waals surface area contributed by atoms with Gasteiger partial charge in [0.2, 0.25) is 0 Å². The van der Waals surface area contributed by atoms with Crippen molar-refractivity contribution in [1.82, 2.24) is 0 Å². The Kier molecular flexibility index (Phi) is 3.94. The number of hydrogen-bond acceptors (Lipinski definition) is 3. The van der Waals surface area contributed by atoms with Crippen LogP contribution in [0, 0.1) is 0 Å². The third kappa shape index (κ3) is 3.01. The molecule has 0 unspecified atom stereocenters. The fraction of sp³-hybridized carbons (Fsp3) is 0.278. The van der Waals surface area contributed by atoms with E-state index < -0.39 is 6.10 Å². The van der Waals surface area contributed by atoms with Crippen LogP contribution in [-0.4, -0.2) is 5.97 Å². The lowest BCUT2D eigenvalue weighted by atomic mass is 10.0. The standard InChI is InChI=1S/C18H18ClNO2/c1-12(22-17(21)13-5-3-2-4-6-13)15-8-7-14(11-16(15)19)18(20)9-10-18/h2-8,11-12H,9-10,20H2,1H3/t12-/m0/s1. The van der Waals surface area contributed by atoms with Gasteiger partial charge in [-0.25, -0.2) is 4.79 Å².